The number of aromatic nitrogens is 1. The molecule has 1 aromatic heterocycles. The van der Waals surface area contributed by atoms with Gasteiger partial charge in [-0.05, 0) is 36.2 Å². The fraction of sp³-hybridized carbons (Fsp3) is 0.250. The highest BCUT2D eigenvalue weighted by atomic mass is 35.5. The smallest absolute Gasteiger partial charge is 0.270 e. The predicted octanol–water partition coefficient (Wildman–Crippen LogP) is 3.49. The third-order valence-electron chi connectivity index (χ3n) is 2.91. The number of carbonyl (C=O) groups is 1. The van der Waals surface area contributed by atoms with Gasteiger partial charge in [-0.3, -0.25) is 9.78 Å². The van der Waals surface area contributed by atoms with Crippen LogP contribution in [0.4, 0.5) is 5.69 Å². The van der Waals surface area contributed by atoms with Crippen molar-refractivity contribution in [2.24, 2.45) is 0 Å². The van der Waals surface area contributed by atoms with E-state index in [0.29, 0.717) is 17.3 Å². The Morgan fingerprint density at radius 2 is 2.14 bits per heavy atom. The van der Waals surface area contributed by atoms with Crippen molar-refractivity contribution in [1.29, 1.82) is 0 Å². The maximum Gasteiger partial charge on any atom is 0.270 e. The molecule has 21 heavy (non-hydrogen) atoms. The molecule has 0 aliphatic carbocycles. The van der Waals surface area contributed by atoms with E-state index < -0.39 is 0 Å². The quantitative estimate of drug-likeness (QED) is 0.859. The van der Waals surface area contributed by atoms with Gasteiger partial charge < -0.3 is 10.6 Å². The number of benzene rings is 1. The van der Waals surface area contributed by atoms with Crippen molar-refractivity contribution in [2.45, 2.75) is 19.9 Å². The second-order valence-electron chi connectivity index (χ2n) is 4.67. The maximum atomic E-state index is 12.1. The minimum atomic E-state index is -0.199. The summed E-state index contributed by atoms with van der Waals surface area (Å²) in [5.74, 6) is -0.199. The molecule has 0 spiro atoms. The van der Waals surface area contributed by atoms with E-state index in [2.05, 4.69) is 22.5 Å². The average molecular weight is 304 g/mol. The fourth-order valence-electron chi connectivity index (χ4n) is 1.85. The van der Waals surface area contributed by atoms with Gasteiger partial charge in [0.25, 0.3) is 5.91 Å². The van der Waals surface area contributed by atoms with Crippen LogP contribution in [0.3, 0.4) is 0 Å². The Labute approximate surface area is 129 Å². The summed E-state index contributed by atoms with van der Waals surface area (Å²) < 4.78 is 0. The van der Waals surface area contributed by atoms with Crippen molar-refractivity contribution in [3.63, 3.8) is 0 Å². The van der Waals surface area contributed by atoms with Gasteiger partial charge in [-0.25, -0.2) is 0 Å². The van der Waals surface area contributed by atoms with Crippen LogP contribution in [0.5, 0.6) is 0 Å². The number of nitrogens with one attached hydrogen (secondary N) is 2. The van der Waals surface area contributed by atoms with E-state index in [-0.39, 0.29) is 5.91 Å². The van der Waals surface area contributed by atoms with Crippen LogP contribution >= 0.6 is 11.6 Å². The van der Waals surface area contributed by atoms with Crippen molar-refractivity contribution in [3.05, 3.63) is 58.9 Å². The first-order valence-electron chi connectivity index (χ1n) is 6.91. The molecule has 0 fully saturated rings. The predicted molar refractivity (Wildman–Crippen MR) is 85.6 cm³/mol. The standard InChI is InChI=1S/C16H18ClN3O/c1-2-7-18-14-6-8-19-15(10-14)16(21)20-11-12-4-3-5-13(17)9-12/h3-6,8-10H,2,7,11H2,1H3,(H,18,19)(H,20,21). The zero-order valence-electron chi connectivity index (χ0n) is 11.9. The summed E-state index contributed by atoms with van der Waals surface area (Å²) in [7, 11) is 0. The number of halogens is 1. The summed E-state index contributed by atoms with van der Waals surface area (Å²) in [6.45, 7) is 3.38. The third-order valence-corrected chi connectivity index (χ3v) is 3.15. The molecule has 1 heterocycles. The lowest BCUT2D eigenvalue weighted by molar-refractivity contribution is 0.0946. The monoisotopic (exact) mass is 303 g/mol. The van der Waals surface area contributed by atoms with Crippen LogP contribution in [0.15, 0.2) is 42.6 Å². The van der Waals surface area contributed by atoms with Crippen molar-refractivity contribution in [1.82, 2.24) is 10.3 Å². The molecule has 2 rings (SSSR count). The first-order valence-corrected chi connectivity index (χ1v) is 7.29. The Morgan fingerprint density at radius 1 is 1.29 bits per heavy atom. The molecule has 0 unspecified atom stereocenters. The maximum absolute atomic E-state index is 12.1. The lowest BCUT2D eigenvalue weighted by Crippen LogP contribution is -2.23. The average Bonchev–Trinajstić information content (AvgIpc) is 2.51. The zero-order valence-corrected chi connectivity index (χ0v) is 12.7. The van der Waals surface area contributed by atoms with Crippen molar-refractivity contribution in [2.75, 3.05) is 11.9 Å². The van der Waals surface area contributed by atoms with Gasteiger partial charge in [0.1, 0.15) is 5.69 Å². The molecule has 0 aliphatic heterocycles. The molecular formula is C16H18ClN3O. The first kappa shape index (κ1) is 15.3. The van der Waals surface area contributed by atoms with Crippen molar-refractivity contribution >= 4 is 23.2 Å². The molecule has 2 N–H and O–H groups in total. The number of nitrogens with zero attached hydrogens (tertiary/aromatic N) is 1. The lowest BCUT2D eigenvalue weighted by Gasteiger charge is -2.08. The highest BCUT2D eigenvalue weighted by molar-refractivity contribution is 6.30. The van der Waals surface area contributed by atoms with Gasteiger partial charge in [0.05, 0.1) is 0 Å². The van der Waals surface area contributed by atoms with Gasteiger partial charge >= 0.3 is 0 Å². The fourth-order valence-corrected chi connectivity index (χ4v) is 2.07. The summed E-state index contributed by atoms with van der Waals surface area (Å²) in [6.07, 6.45) is 2.66. The molecule has 4 nitrogen and oxygen atoms in total. The summed E-state index contributed by atoms with van der Waals surface area (Å²) in [5.41, 5.74) is 2.26. The second kappa shape index (κ2) is 7.64. The molecule has 1 amide bonds. The Hall–Kier alpha value is -2.07. The third kappa shape index (κ3) is 4.76. The van der Waals surface area contributed by atoms with E-state index in [0.717, 1.165) is 24.2 Å². The Kier molecular flexibility index (Phi) is 5.58. The van der Waals surface area contributed by atoms with Crippen molar-refractivity contribution in [3.8, 4) is 0 Å². The van der Waals surface area contributed by atoms with Crippen LogP contribution in [0, 0.1) is 0 Å². The van der Waals surface area contributed by atoms with Gasteiger partial charge in [-0.15, -0.1) is 0 Å². The Balaban J connectivity index is 1.96. The summed E-state index contributed by atoms with van der Waals surface area (Å²) in [5, 5.41) is 6.73. The number of hydrogen-bond donors (Lipinski definition) is 2. The van der Waals surface area contributed by atoms with E-state index in [1.54, 1.807) is 18.3 Å². The molecule has 5 heteroatoms. The molecule has 0 saturated carbocycles. The number of anilines is 1. The van der Waals surface area contributed by atoms with Crippen LogP contribution < -0.4 is 10.6 Å². The number of pyridine rings is 1. The SMILES string of the molecule is CCCNc1ccnc(C(=O)NCc2cccc(Cl)c2)c1. The van der Waals surface area contributed by atoms with Gasteiger partial charge in [-0.1, -0.05) is 30.7 Å². The van der Waals surface area contributed by atoms with E-state index >= 15 is 0 Å². The molecule has 0 radical (unpaired) electrons. The molecule has 0 saturated heterocycles. The van der Waals surface area contributed by atoms with E-state index in [9.17, 15) is 4.79 Å². The Morgan fingerprint density at radius 3 is 2.90 bits per heavy atom. The molecular weight excluding hydrogens is 286 g/mol. The Bertz CT molecular complexity index is 616. The van der Waals surface area contributed by atoms with E-state index in [1.807, 2.05) is 24.3 Å². The van der Waals surface area contributed by atoms with E-state index in [4.69, 9.17) is 11.6 Å². The second-order valence-corrected chi connectivity index (χ2v) is 5.11. The summed E-state index contributed by atoms with van der Waals surface area (Å²) >= 11 is 5.91. The molecule has 0 aliphatic rings. The van der Waals surface area contributed by atoms with Gasteiger partial charge in [0.15, 0.2) is 0 Å². The molecule has 110 valence electrons. The summed E-state index contributed by atoms with van der Waals surface area (Å²) in [6, 6.07) is 11.0. The lowest BCUT2D eigenvalue weighted by atomic mass is 10.2. The number of hydrogen-bond acceptors (Lipinski definition) is 3. The highest BCUT2D eigenvalue weighted by Crippen LogP contribution is 2.11. The number of rotatable bonds is 6. The highest BCUT2D eigenvalue weighted by Gasteiger charge is 2.07. The van der Waals surface area contributed by atoms with Gasteiger partial charge in [-0.2, -0.15) is 0 Å². The molecule has 1 aromatic carbocycles. The van der Waals surface area contributed by atoms with Crippen molar-refractivity contribution < 1.29 is 4.79 Å². The van der Waals surface area contributed by atoms with Crippen LogP contribution in [-0.4, -0.2) is 17.4 Å². The molecule has 0 atom stereocenters. The van der Waals surface area contributed by atoms with Gasteiger partial charge in [0.2, 0.25) is 0 Å². The van der Waals surface area contributed by atoms with E-state index in [1.165, 1.54) is 0 Å². The minimum absolute atomic E-state index is 0.199. The van der Waals surface area contributed by atoms with Crippen LogP contribution in [-0.2, 0) is 6.54 Å². The molecule has 0 bridgehead atoms. The van der Waals surface area contributed by atoms with Gasteiger partial charge in [0, 0.05) is 30.0 Å². The minimum Gasteiger partial charge on any atom is -0.385 e. The van der Waals surface area contributed by atoms with Crippen LogP contribution in [0.2, 0.25) is 5.02 Å². The molecule has 2 aromatic rings. The topological polar surface area (TPSA) is 54.0 Å². The summed E-state index contributed by atoms with van der Waals surface area (Å²) in [4.78, 5) is 16.2. The first-order chi connectivity index (χ1) is 10.2. The van der Waals surface area contributed by atoms with Crippen LogP contribution in [0.25, 0.3) is 0 Å². The number of amides is 1. The normalized spacial score (nSPS) is 10.2. The number of carbonyl (C=O) groups excluding carboxylic acids is 1. The zero-order chi connectivity index (χ0) is 15.1. The largest absolute Gasteiger partial charge is 0.385 e. The van der Waals surface area contributed by atoms with Crippen LogP contribution in [0.1, 0.15) is 29.4 Å².